The van der Waals surface area contributed by atoms with E-state index in [1.807, 2.05) is 30.4 Å². The fourth-order valence-corrected chi connectivity index (χ4v) is 5.29. The molecule has 0 bridgehead atoms. The molecule has 3 atom stereocenters. The number of piperidine rings is 1. The van der Waals surface area contributed by atoms with E-state index in [-0.39, 0.29) is 23.3 Å². The van der Waals surface area contributed by atoms with Gasteiger partial charge in [-0.3, -0.25) is 4.79 Å². The lowest BCUT2D eigenvalue weighted by Crippen LogP contribution is -2.51. The SMILES string of the molecule is CCCC[C@H](CN1CCC(c2ccc(Cl)cc2)C(C)(C)C1)NC(=O)C1C=CC(Cl)=CC1. The molecule has 0 spiro atoms. The standard InChI is InChI=1S/C26H36Cl2N2O/c1-4-5-6-23(29-25(31)20-9-13-22(28)14-10-20)17-30-16-15-24(26(2,3)18-30)19-7-11-21(27)12-8-19/h7-9,11-14,20,23-24H,4-6,10,15-18H2,1-3H3,(H,29,31)/t20?,23-,24?/m1/s1. The predicted octanol–water partition coefficient (Wildman–Crippen LogP) is 6.53. The van der Waals surface area contributed by atoms with Crippen molar-refractivity contribution in [3.63, 3.8) is 0 Å². The molecule has 5 heteroatoms. The number of nitrogens with one attached hydrogen (secondary N) is 1. The van der Waals surface area contributed by atoms with Gasteiger partial charge >= 0.3 is 0 Å². The highest BCUT2D eigenvalue weighted by Gasteiger charge is 2.37. The Morgan fingerprint density at radius 2 is 2.00 bits per heavy atom. The quantitative estimate of drug-likeness (QED) is 0.476. The number of carbonyl (C=O) groups excluding carboxylic acids is 1. The number of rotatable bonds is 8. The second-order valence-electron chi connectivity index (χ2n) is 9.75. The van der Waals surface area contributed by atoms with Gasteiger partial charge in [-0.1, -0.05) is 81.1 Å². The van der Waals surface area contributed by atoms with Gasteiger partial charge in [-0.05, 0) is 60.9 Å². The van der Waals surface area contributed by atoms with Crippen LogP contribution in [0.25, 0.3) is 0 Å². The summed E-state index contributed by atoms with van der Waals surface area (Å²) in [5, 5.41) is 4.85. The number of carbonyl (C=O) groups is 1. The van der Waals surface area contributed by atoms with Gasteiger partial charge in [-0.15, -0.1) is 0 Å². The van der Waals surface area contributed by atoms with Gasteiger partial charge in [-0.2, -0.15) is 0 Å². The zero-order valence-electron chi connectivity index (χ0n) is 19.0. The zero-order valence-corrected chi connectivity index (χ0v) is 20.6. The maximum Gasteiger partial charge on any atom is 0.227 e. The van der Waals surface area contributed by atoms with Crippen molar-refractivity contribution in [1.82, 2.24) is 10.2 Å². The Labute approximate surface area is 197 Å². The molecular weight excluding hydrogens is 427 g/mol. The largest absolute Gasteiger partial charge is 0.352 e. The molecule has 2 unspecified atom stereocenters. The third kappa shape index (κ3) is 6.84. The highest BCUT2D eigenvalue weighted by molar-refractivity contribution is 6.31. The van der Waals surface area contributed by atoms with Crippen molar-refractivity contribution < 1.29 is 4.79 Å². The number of hydrogen-bond acceptors (Lipinski definition) is 2. The smallest absolute Gasteiger partial charge is 0.227 e. The lowest BCUT2D eigenvalue weighted by Gasteiger charge is -2.45. The summed E-state index contributed by atoms with van der Waals surface area (Å²) in [5.41, 5.74) is 1.54. The van der Waals surface area contributed by atoms with Crippen LogP contribution in [0.5, 0.6) is 0 Å². The van der Waals surface area contributed by atoms with Crippen molar-refractivity contribution in [2.75, 3.05) is 19.6 Å². The van der Waals surface area contributed by atoms with E-state index in [9.17, 15) is 4.79 Å². The molecule has 2 aliphatic rings. The van der Waals surface area contributed by atoms with E-state index < -0.39 is 0 Å². The Morgan fingerprint density at radius 1 is 1.26 bits per heavy atom. The highest BCUT2D eigenvalue weighted by atomic mass is 35.5. The molecule has 1 aromatic rings. The van der Waals surface area contributed by atoms with Crippen LogP contribution in [0.4, 0.5) is 0 Å². The fraction of sp³-hybridized carbons (Fsp3) is 0.577. The Balaban J connectivity index is 1.60. The first-order valence-corrected chi connectivity index (χ1v) is 12.4. The van der Waals surface area contributed by atoms with Gasteiger partial charge < -0.3 is 10.2 Å². The maximum absolute atomic E-state index is 12.8. The molecule has 31 heavy (non-hydrogen) atoms. The first kappa shape index (κ1) is 24.4. The Bertz CT molecular complexity index is 800. The fourth-order valence-electron chi connectivity index (χ4n) is 5.00. The number of nitrogens with zero attached hydrogens (tertiary/aromatic N) is 1. The summed E-state index contributed by atoms with van der Waals surface area (Å²) < 4.78 is 0. The molecule has 0 aromatic heterocycles. The van der Waals surface area contributed by atoms with Crippen LogP contribution in [0.2, 0.25) is 5.02 Å². The average molecular weight is 463 g/mol. The van der Waals surface area contributed by atoms with E-state index in [1.54, 1.807) is 0 Å². The molecule has 1 amide bonds. The number of hydrogen-bond donors (Lipinski definition) is 1. The van der Waals surface area contributed by atoms with Crippen LogP contribution in [-0.4, -0.2) is 36.5 Å². The second-order valence-corrected chi connectivity index (χ2v) is 10.6. The van der Waals surface area contributed by atoms with Gasteiger partial charge in [0.05, 0.1) is 5.92 Å². The summed E-state index contributed by atoms with van der Waals surface area (Å²) in [5.74, 6) is 0.528. The Hall–Kier alpha value is -1.29. The maximum atomic E-state index is 12.8. The predicted molar refractivity (Wildman–Crippen MR) is 132 cm³/mol. The van der Waals surface area contributed by atoms with Crippen molar-refractivity contribution >= 4 is 29.1 Å². The Morgan fingerprint density at radius 3 is 2.61 bits per heavy atom. The molecule has 1 aliphatic carbocycles. The number of halogens is 2. The third-order valence-electron chi connectivity index (χ3n) is 6.70. The summed E-state index contributed by atoms with van der Waals surface area (Å²) >= 11 is 12.1. The number of benzene rings is 1. The lowest BCUT2D eigenvalue weighted by atomic mass is 9.70. The zero-order chi connectivity index (χ0) is 22.4. The first-order valence-electron chi connectivity index (χ1n) is 11.6. The lowest BCUT2D eigenvalue weighted by molar-refractivity contribution is -0.124. The van der Waals surface area contributed by atoms with Crippen molar-refractivity contribution in [1.29, 1.82) is 0 Å². The third-order valence-corrected chi connectivity index (χ3v) is 7.24. The molecule has 3 nitrogen and oxygen atoms in total. The second kappa shape index (κ2) is 11.0. The highest BCUT2D eigenvalue weighted by Crippen LogP contribution is 2.42. The van der Waals surface area contributed by atoms with Crippen LogP contribution in [0.1, 0.15) is 64.4 Å². The molecule has 1 saturated heterocycles. The van der Waals surface area contributed by atoms with Crippen LogP contribution < -0.4 is 5.32 Å². The number of amides is 1. The van der Waals surface area contributed by atoms with Crippen LogP contribution in [0.15, 0.2) is 47.5 Å². The van der Waals surface area contributed by atoms with E-state index in [0.29, 0.717) is 12.3 Å². The number of allylic oxidation sites excluding steroid dienone is 3. The van der Waals surface area contributed by atoms with Gasteiger partial charge in [0, 0.05) is 29.2 Å². The number of likely N-dealkylation sites (tertiary alicyclic amines) is 1. The van der Waals surface area contributed by atoms with Crippen molar-refractivity contribution in [3.05, 3.63) is 58.1 Å². The van der Waals surface area contributed by atoms with Gasteiger partial charge in [0.25, 0.3) is 0 Å². The molecule has 1 heterocycles. The van der Waals surface area contributed by atoms with Crippen LogP contribution in [0.3, 0.4) is 0 Å². The molecule has 170 valence electrons. The van der Waals surface area contributed by atoms with Crippen molar-refractivity contribution in [2.24, 2.45) is 11.3 Å². The van der Waals surface area contributed by atoms with Gasteiger partial charge in [0.1, 0.15) is 0 Å². The van der Waals surface area contributed by atoms with E-state index in [1.165, 1.54) is 5.56 Å². The minimum absolute atomic E-state index is 0.112. The van der Waals surface area contributed by atoms with Crippen LogP contribution in [-0.2, 0) is 4.79 Å². The molecule has 1 aliphatic heterocycles. The Kier molecular flexibility index (Phi) is 8.66. The van der Waals surface area contributed by atoms with E-state index in [0.717, 1.165) is 55.4 Å². The minimum Gasteiger partial charge on any atom is -0.352 e. The molecule has 1 fully saturated rings. The van der Waals surface area contributed by atoms with Crippen molar-refractivity contribution in [2.45, 2.75) is 64.8 Å². The molecule has 3 rings (SSSR count). The summed E-state index contributed by atoms with van der Waals surface area (Å²) in [4.78, 5) is 15.4. The summed E-state index contributed by atoms with van der Waals surface area (Å²) in [6.45, 7) is 9.92. The molecule has 0 saturated carbocycles. The summed E-state index contributed by atoms with van der Waals surface area (Å²) in [7, 11) is 0. The average Bonchev–Trinajstić information content (AvgIpc) is 2.73. The summed E-state index contributed by atoms with van der Waals surface area (Å²) in [6, 6.07) is 8.53. The molecule has 1 aromatic carbocycles. The molecular formula is C26H36Cl2N2O. The van der Waals surface area contributed by atoms with Gasteiger partial charge in [0.2, 0.25) is 5.91 Å². The minimum atomic E-state index is -0.112. The molecule has 1 N–H and O–H groups in total. The molecule has 0 radical (unpaired) electrons. The normalized spacial score (nSPS) is 24.5. The first-order chi connectivity index (χ1) is 14.8. The van der Waals surface area contributed by atoms with E-state index >= 15 is 0 Å². The van der Waals surface area contributed by atoms with E-state index in [2.05, 4.69) is 43.1 Å². The number of unbranched alkanes of at least 4 members (excludes halogenated alkanes) is 1. The topological polar surface area (TPSA) is 32.3 Å². The van der Waals surface area contributed by atoms with Crippen LogP contribution in [0, 0.1) is 11.3 Å². The van der Waals surface area contributed by atoms with Gasteiger partial charge in [-0.25, -0.2) is 0 Å². The van der Waals surface area contributed by atoms with E-state index in [4.69, 9.17) is 23.2 Å². The van der Waals surface area contributed by atoms with Crippen LogP contribution >= 0.6 is 23.2 Å². The van der Waals surface area contributed by atoms with Crippen molar-refractivity contribution in [3.8, 4) is 0 Å². The summed E-state index contributed by atoms with van der Waals surface area (Å²) in [6.07, 6.45) is 10.8. The monoisotopic (exact) mass is 462 g/mol. The van der Waals surface area contributed by atoms with Gasteiger partial charge in [0.15, 0.2) is 0 Å².